The average Bonchev–Trinajstić information content (AvgIpc) is 3.05. The van der Waals surface area contributed by atoms with E-state index in [1.54, 1.807) is 30.3 Å². The minimum Gasteiger partial charge on any atom is -0.370 e. The Kier molecular flexibility index (Phi) is 6.00. The number of fused-ring (bicyclic) bond motifs is 1. The van der Waals surface area contributed by atoms with Crippen LogP contribution in [-0.2, 0) is 14.3 Å². The molecule has 2 N–H and O–H groups in total. The van der Waals surface area contributed by atoms with E-state index in [9.17, 15) is 23.6 Å². The number of carbonyl (C=O) groups excluding carboxylic acids is 4. The van der Waals surface area contributed by atoms with Crippen molar-refractivity contribution in [2.75, 3.05) is 19.7 Å². The molecule has 0 spiro atoms. The van der Waals surface area contributed by atoms with Gasteiger partial charge in [0.1, 0.15) is 18.0 Å². The third kappa shape index (κ3) is 3.99. The summed E-state index contributed by atoms with van der Waals surface area (Å²) in [7, 11) is 0. The van der Waals surface area contributed by atoms with Crippen molar-refractivity contribution in [3.05, 3.63) is 71.0 Å². The second kappa shape index (κ2) is 8.88. The zero-order chi connectivity index (χ0) is 22.8. The number of amides is 4. The average molecular weight is 439 g/mol. The first-order valence-electron chi connectivity index (χ1n) is 10.3. The van der Waals surface area contributed by atoms with Gasteiger partial charge < -0.3 is 15.4 Å². The van der Waals surface area contributed by atoms with E-state index >= 15 is 0 Å². The Morgan fingerprint density at radius 1 is 1.06 bits per heavy atom. The number of primary amides is 1. The van der Waals surface area contributed by atoms with Crippen LogP contribution in [0, 0.1) is 5.82 Å². The van der Waals surface area contributed by atoms with E-state index in [-0.39, 0.29) is 43.7 Å². The number of morpholine rings is 1. The lowest BCUT2D eigenvalue weighted by molar-refractivity contribution is -0.143. The second-order valence-corrected chi connectivity index (χ2v) is 7.71. The van der Waals surface area contributed by atoms with Crippen LogP contribution in [0.1, 0.15) is 45.2 Å². The number of carbonyl (C=O) groups is 4. The number of ether oxygens (including phenoxy) is 1. The number of nitrogens with zero attached hydrogens (tertiary/aromatic N) is 2. The Balaban J connectivity index is 1.60. The third-order valence-corrected chi connectivity index (χ3v) is 5.72. The fourth-order valence-electron chi connectivity index (χ4n) is 4.12. The summed E-state index contributed by atoms with van der Waals surface area (Å²) in [4.78, 5) is 53.2. The van der Waals surface area contributed by atoms with Crippen molar-refractivity contribution in [2.45, 2.75) is 25.0 Å². The molecule has 4 rings (SSSR count). The minimum atomic E-state index is -1.20. The maximum absolute atomic E-state index is 14.2. The molecular weight excluding hydrogens is 417 g/mol. The molecule has 9 heteroatoms. The zero-order valence-electron chi connectivity index (χ0n) is 17.2. The third-order valence-electron chi connectivity index (χ3n) is 5.72. The molecule has 2 unspecified atom stereocenters. The summed E-state index contributed by atoms with van der Waals surface area (Å²) in [5.74, 6) is -2.78. The first-order valence-corrected chi connectivity index (χ1v) is 10.3. The van der Waals surface area contributed by atoms with Crippen molar-refractivity contribution in [1.82, 2.24) is 9.80 Å². The predicted molar refractivity (Wildman–Crippen MR) is 111 cm³/mol. The molecule has 32 heavy (non-hydrogen) atoms. The van der Waals surface area contributed by atoms with Gasteiger partial charge in [-0.1, -0.05) is 30.3 Å². The lowest BCUT2D eigenvalue weighted by Gasteiger charge is -2.37. The molecule has 2 atom stereocenters. The number of benzene rings is 2. The van der Waals surface area contributed by atoms with Crippen LogP contribution in [0.2, 0.25) is 0 Å². The molecule has 4 amide bonds. The highest BCUT2D eigenvalue weighted by molar-refractivity contribution is 6.22. The number of imide groups is 1. The van der Waals surface area contributed by atoms with Crippen LogP contribution in [0.5, 0.6) is 0 Å². The van der Waals surface area contributed by atoms with Crippen LogP contribution < -0.4 is 5.73 Å². The van der Waals surface area contributed by atoms with Crippen LogP contribution in [0.25, 0.3) is 0 Å². The maximum Gasteiger partial charge on any atom is 0.262 e. The van der Waals surface area contributed by atoms with Crippen molar-refractivity contribution < 1.29 is 28.3 Å². The molecule has 0 saturated carbocycles. The molecule has 0 aromatic heterocycles. The van der Waals surface area contributed by atoms with E-state index in [0.29, 0.717) is 5.56 Å². The van der Waals surface area contributed by atoms with Crippen LogP contribution in [0.15, 0.2) is 48.5 Å². The molecular formula is C23H22FN3O5. The molecule has 2 aliphatic rings. The number of halogens is 1. The van der Waals surface area contributed by atoms with Crippen LogP contribution >= 0.6 is 0 Å². The lowest BCUT2D eigenvalue weighted by atomic mass is 10.0. The first-order chi connectivity index (χ1) is 15.4. The normalized spacial score (nSPS) is 19.1. The Bertz CT molecular complexity index is 1050. The van der Waals surface area contributed by atoms with Gasteiger partial charge in [-0.2, -0.15) is 0 Å². The second-order valence-electron chi connectivity index (χ2n) is 7.71. The van der Waals surface area contributed by atoms with E-state index in [2.05, 4.69) is 0 Å². The summed E-state index contributed by atoms with van der Waals surface area (Å²) < 4.78 is 19.9. The Morgan fingerprint density at radius 2 is 1.69 bits per heavy atom. The van der Waals surface area contributed by atoms with E-state index in [1.807, 2.05) is 0 Å². The van der Waals surface area contributed by atoms with Gasteiger partial charge in [-0.05, 0) is 24.6 Å². The SMILES string of the molecule is NC(=O)CCC(C(=O)N1CCOC(c2ccccc2F)C1)N1C(=O)c2ccccc2C1=O. The van der Waals surface area contributed by atoms with Gasteiger partial charge in [0.25, 0.3) is 11.8 Å². The summed E-state index contributed by atoms with van der Waals surface area (Å²) >= 11 is 0. The standard InChI is InChI=1S/C23H22FN3O5/c24-17-8-4-3-7-16(17)19-13-26(11-12-32-19)23(31)18(9-10-20(25)28)27-21(29)14-5-1-2-6-15(14)22(27)30/h1-8,18-19H,9-13H2,(H2,25,28). The van der Waals surface area contributed by atoms with E-state index < -0.39 is 41.6 Å². The topological polar surface area (TPSA) is 110 Å². The number of rotatable bonds is 6. The largest absolute Gasteiger partial charge is 0.370 e. The summed E-state index contributed by atoms with van der Waals surface area (Å²) in [6.45, 7) is 0.422. The smallest absolute Gasteiger partial charge is 0.262 e. The van der Waals surface area contributed by atoms with Gasteiger partial charge in [-0.3, -0.25) is 24.1 Å². The molecule has 8 nitrogen and oxygen atoms in total. The molecule has 2 aromatic carbocycles. The first kappa shape index (κ1) is 21.6. The molecule has 0 bridgehead atoms. The lowest BCUT2D eigenvalue weighted by Crippen LogP contribution is -2.54. The van der Waals surface area contributed by atoms with Crippen molar-refractivity contribution in [3.8, 4) is 0 Å². The van der Waals surface area contributed by atoms with Crippen molar-refractivity contribution in [1.29, 1.82) is 0 Å². The molecule has 166 valence electrons. The molecule has 1 saturated heterocycles. The van der Waals surface area contributed by atoms with Gasteiger partial charge in [0.2, 0.25) is 11.8 Å². The number of nitrogens with two attached hydrogens (primary N) is 1. The van der Waals surface area contributed by atoms with Gasteiger partial charge >= 0.3 is 0 Å². The Labute approximate surface area is 183 Å². The summed E-state index contributed by atoms with van der Waals surface area (Å²) in [6, 6.07) is 11.3. The van der Waals surface area contributed by atoms with Crippen LogP contribution in [0.4, 0.5) is 4.39 Å². The van der Waals surface area contributed by atoms with Gasteiger partial charge in [-0.15, -0.1) is 0 Å². The van der Waals surface area contributed by atoms with E-state index in [4.69, 9.17) is 10.5 Å². The molecule has 0 aliphatic carbocycles. The molecule has 2 aliphatic heterocycles. The highest BCUT2D eigenvalue weighted by Crippen LogP contribution is 2.29. The predicted octanol–water partition coefficient (Wildman–Crippen LogP) is 1.66. The van der Waals surface area contributed by atoms with Gasteiger partial charge in [0, 0.05) is 18.5 Å². The van der Waals surface area contributed by atoms with Crippen molar-refractivity contribution in [2.24, 2.45) is 5.73 Å². The minimum absolute atomic E-state index is 0.0516. The van der Waals surface area contributed by atoms with Crippen molar-refractivity contribution in [3.63, 3.8) is 0 Å². The zero-order valence-corrected chi connectivity index (χ0v) is 17.2. The van der Waals surface area contributed by atoms with E-state index in [1.165, 1.54) is 23.1 Å². The molecule has 0 radical (unpaired) electrons. The fraction of sp³-hybridized carbons (Fsp3) is 0.304. The molecule has 2 heterocycles. The van der Waals surface area contributed by atoms with Gasteiger partial charge in [-0.25, -0.2) is 4.39 Å². The fourth-order valence-corrected chi connectivity index (χ4v) is 4.12. The Morgan fingerprint density at radius 3 is 2.31 bits per heavy atom. The summed E-state index contributed by atoms with van der Waals surface area (Å²) in [5.41, 5.74) is 6.01. The summed E-state index contributed by atoms with van der Waals surface area (Å²) in [5, 5.41) is 0. The van der Waals surface area contributed by atoms with Crippen molar-refractivity contribution >= 4 is 23.6 Å². The summed E-state index contributed by atoms with van der Waals surface area (Å²) in [6.07, 6.45) is -0.959. The highest BCUT2D eigenvalue weighted by atomic mass is 19.1. The van der Waals surface area contributed by atoms with Gasteiger partial charge in [0.05, 0.1) is 24.3 Å². The number of hydrogen-bond donors (Lipinski definition) is 1. The molecule has 1 fully saturated rings. The van der Waals surface area contributed by atoms with Crippen LogP contribution in [0.3, 0.4) is 0 Å². The van der Waals surface area contributed by atoms with E-state index in [0.717, 1.165) is 4.90 Å². The van der Waals surface area contributed by atoms with Crippen LogP contribution in [-0.4, -0.2) is 59.2 Å². The monoisotopic (exact) mass is 439 g/mol. The highest BCUT2D eigenvalue weighted by Gasteiger charge is 2.44. The number of hydrogen-bond acceptors (Lipinski definition) is 5. The molecule has 2 aromatic rings. The Hall–Kier alpha value is -3.59. The maximum atomic E-state index is 14.2. The van der Waals surface area contributed by atoms with Gasteiger partial charge in [0.15, 0.2) is 0 Å². The quantitative estimate of drug-likeness (QED) is 0.689.